The van der Waals surface area contributed by atoms with Crippen molar-refractivity contribution in [2.45, 2.75) is 52.9 Å². The molecule has 2 aliphatic rings. The van der Waals surface area contributed by atoms with Gasteiger partial charge in [-0.2, -0.15) is 0 Å². The molecule has 1 aliphatic heterocycles. The predicted octanol–water partition coefficient (Wildman–Crippen LogP) is 3.12. The van der Waals surface area contributed by atoms with Gasteiger partial charge in [-0.05, 0) is 68.4 Å². The quantitative estimate of drug-likeness (QED) is 0.836. The molecule has 1 saturated heterocycles. The van der Waals surface area contributed by atoms with Crippen LogP contribution in [-0.4, -0.2) is 31.1 Å². The predicted molar refractivity (Wildman–Crippen MR) is 78.5 cm³/mol. The molecule has 0 bridgehead atoms. The highest BCUT2D eigenvalue weighted by molar-refractivity contribution is 4.85. The summed E-state index contributed by atoms with van der Waals surface area (Å²) in [5.74, 6) is 2.67. The van der Waals surface area contributed by atoms with E-state index in [1.807, 2.05) is 0 Å². The zero-order chi connectivity index (χ0) is 13.2. The molecule has 0 radical (unpaired) electrons. The van der Waals surface area contributed by atoms with Crippen molar-refractivity contribution in [3.05, 3.63) is 0 Å². The lowest BCUT2D eigenvalue weighted by atomic mass is 9.80. The van der Waals surface area contributed by atoms with Crippen molar-refractivity contribution in [1.82, 2.24) is 4.90 Å². The SMILES string of the molecule is CC(C)(C)C1CCN(CC2CCC(CN)CC2)C1. The maximum absolute atomic E-state index is 5.77. The normalized spacial score (nSPS) is 35.0. The number of nitrogens with two attached hydrogens (primary N) is 1. The van der Waals surface area contributed by atoms with Crippen LogP contribution in [0, 0.1) is 23.2 Å². The van der Waals surface area contributed by atoms with Crippen molar-refractivity contribution in [3.63, 3.8) is 0 Å². The van der Waals surface area contributed by atoms with E-state index in [0.717, 1.165) is 24.3 Å². The first kappa shape index (κ1) is 14.3. The summed E-state index contributed by atoms with van der Waals surface area (Å²) in [6, 6.07) is 0. The molecule has 0 aromatic heterocycles. The van der Waals surface area contributed by atoms with Crippen LogP contribution in [0.3, 0.4) is 0 Å². The molecule has 1 atom stereocenters. The maximum Gasteiger partial charge on any atom is 0.00153 e. The third-order valence-corrected chi connectivity index (χ3v) is 5.31. The smallest absolute Gasteiger partial charge is 0.00153 e. The Kier molecular flexibility index (Phi) is 4.71. The monoisotopic (exact) mass is 252 g/mol. The molecule has 106 valence electrons. The van der Waals surface area contributed by atoms with Crippen molar-refractivity contribution in [3.8, 4) is 0 Å². The van der Waals surface area contributed by atoms with Gasteiger partial charge >= 0.3 is 0 Å². The summed E-state index contributed by atoms with van der Waals surface area (Å²) in [4.78, 5) is 2.73. The summed E-state index contributed by atoms with van der Waals surface area (Å²) in [7, 11) is 0. The molecular weight excluding hydrogens is 220 g/mol. The molecule has 2 N–H and O–H groups in total. The van der Waals surface area contributed by atoms with Crippen LogP contribution in [0.15, 0.2) is 0 Å². The van der Waals surface area contributed by atoms with Crippen LogP contribution in [0.5, 0.6) is 0 Å². The van der Waals surface area contributed by atoms with Gasteiger partial charge in [-0.3, -0.25) is 0 Å². The Morgan fingerprint density at radius 3 is 2.11 bits per heavy atom. The van der Waals surface area contributed by atoms with E-state index in [-0.39, 0.29) is 0 Å². The van der Waals surface area contributed by atoms with Crippen LogP contribution in [0.4, 0.5) is 0 Å². The van der Waals surface area contributed by atoms with Crippen LogP contribution in [0.1, 0.15) is 52.9 Å². The Morgan fingerprint density at radius 1 is 1.00 bits per heavy atom. The van der Waals surface area contributed by atoms with Crippen molar-refractivity contribution in [2.75, 3.05) is 26.2 Å². The fraction of sp³-hybridized carbons (Fsp3) is 1.00. The van der Waals surface area contributed by atoms with Gasteiger partial charge in [0.05, 0.1) is 0 Å². The fourth-order valence-electron chi connectivity index (χ4n) is 3.72. The van der Waals surface area contributed by atoms with Gasteiger partial charge < -0.3 is 10.6 Å². The number of likely N-dealkylation sites (tertiary alicyclic amines) is 1. The number of rotatable bonds is 3. The van der Waals surface area contributed by atoms with Crippen LogP contribution < -0.4 is 5.73 Å². The molecule has 0 aromatic carbocycles. The summed E-state index contributed by atoms with van der Waals surface area (Å²) in [5, 5.41) is 0. The second-order valence-electron chi connectivity index (χ2n) is 7.73. The highest BCUT2D eigenvalue weighted by Gasteiger charge is 2.33. The number of hydrogen-bond acceptors (Lipinski definition) is 2. The van der Waals surface area contributed by atoms with E-state index in [1.165, 1.54) is 51.7 Å². The average Bonchev–Trinajstić information content (AvgIpc) is 2.78. The Bertz CT molecular complexity index is 248. The van der Waals surface area contributed by atoms with Crippen molar-refractivity contribution in [2.24, 2.45) is 28.9 Å². The molecule has 1 aliphatic carbocycles. The first-order chi connectivity index (χ1) is 8.49. The minimum atomic E-state index is 0.492. The lowest BCUT2D eigenvalue weighted by molar-refractivity contribution is 0.183. The van der Waals surface area contributed by atoms with Gasteiger partial charge in [-0.15, -0.1) is 0 Å². The van der Waals surface area contributed by atoms with Gasteiger partial charge in [0.15, 0.2) is 0 Å². The molecule has 1 unspecified atom stereocenters. The Hall–Kier alpha value is -0.0800. The number of nitrogens with zero attached hydrogens (tertiary/aromatic N) is 1. The van der Waals surface area contributed by atoms with E-state index in [1.54, 1.807) is 0 Å². The highest BCUT2D eigenvalue weighted by atomic mass is 15.1. The first-order valence-corrected chi connectivity index (χ1v) is 7.91. The van der Waals surface area contributed by atoms with Crippen LogP contribution in [-0.2, 0) is 0 Å². The Morgan fingerprint density at radius 2 is 1.61 bits per heavy atom. The second kappa shape index (κ2) is 5.92. The van der Waals surface area contributed by atoms with Crippen LogP contribution >= 0.6 is 0 Å². The van der Waals surface area contributed by atoms with Gasteiger partial charge in [0.2, 0.25) is 0 Å². The lowest BCUT2D eigenvalue weighted by Crippen LogP contribution is -2.32. The summed E-state index contributed by atoms with van der Waals surface area (Å²) >= 11 is 0. The topological polar surface area (TPSA) is 29.3 Å². The van der Waals surface area contributed by atoms with Gasteiger partial charge in [0.1, 0.15) is 0 Å². The Labute approximate surface area is 113 Å². The average molecular weight is 252 g/mol. The first-order valence-electron chi connectivity index (χ1n) is 7.91. The zero-order valence-corrected chi connectivity index (χ0v) is 12.6. The lowest BCUT2D eigenvalue weighted by Gasteiger charge is -2.31. The van der Waals surface area contributed by atoms with Crippen LogP contribution in [0.2, 0.25) is 0 Å². The summed E-state index contributed by atoms with van der Waals surface area (Å²) in [5.41, 5.74) is 6.26. The number of hydrogen-bond donors (Lipinski definition) is 1. The van der Waals surface area contributed by atoms with Gasteiger partial charge in [0, 0.05) is 13.1 Å². The molecule has 0 amide bonds. The van der Waals surface area contributed by atoms with E-state index < -0.39 is 0 Å². The fourth-order valence-corrected chi connectivity index (χ4v) is 3.72. The molecule has 0 spiro atoms. The second-order valence-corrected chi connectivity index (χ2v) is 7.73. The molecule has 2 heteroatoms. The van der Waals surface area contributed by atoms with Gasteiger partial charge in [-0.1, -0.05) is 20.8 Å². The van der Waals surface area contributed by atoms with Gasteiger partial charge in [-0.25, -0.2) is 0 Å². The van der Waals surface area contributed by atoms with E-state index in [2.05, 4.69) is 25.7 Å². The standard InChI is InChI=1S/C16H32N2/c1-16(2,3)15-8-9-18(12-15)11-14-6-4-13(10-17)5-7-14/h13-15H,4-12,17H2,1-3H3. The maximum atomic E-state index is 5.77. The minimum Gasteiger partial charge on any atom is -0.330 e. The zero-order valence-electron chi connectivity index (χ0n) is 12.6. The van der Waals surface area contributed by atoms with Crippen molar-refractivity contribution in [1.29, 1.82) is 0 Å². The highest BCUT2D eigenvalue weighted by Crippen LogP contribution is 2.35. The summed E-state index contributed by atoms with van der Waals surface area (Å²) in [6.07, 6.45) is 6.98. The molecule has 2 rings (SSSR count). The molecule has 2 fully saturated rings. The third kappa shape index (κ3) is 3.71. The molecular formula is C16H32N2. The molecule has 1 saturated carbocycles. The molecule has 18 heavy (non-hydrogen) atoms. The minimum absolute atomic E-state index is 0.492. The van der Waals surface area contributed by atoms with Crippen molar-refractivity contribution < 1.29 is 0 Å². The molecule has 2 nitrogen and oxygen atoms in total. The summed E-state index contributed by atoms with van der Waals surface area (Å²) in [6.45, 7) is 12.1. The van der Waals surface area contributed by atoms with Gasteiger partial charge in [0.25, 0.3) is 0 Å². The largest absolute Gasteiger partial charge is 0.330 e. The van der Waals surface area contributed by atoms with E-state index in [9.17, 15) is 0 Å². The summed E-state index contributed by atoms with van der Waals surface area (Å²) < 4.78 is 0. The van der Waals surface area contributed by atoms with Crippen LogP contribution in [0.25, 0.3) is 0 Å². The van der Waals surface area contributed by atoms with E-state index >= 15 is 0 Å². The molecule has 0 aromatic rings. The van der Waals surface area contributed by atoms with E-state index in [0.29, 0.717) is 5.41 Å². The third-order valence-electron chi connectivity index (χ3n) is 5.31. The van der Waals surface area contributed by atoms with Crippen molar-refractivity contribution >= 4 is 0 Å². The van der Waals surface area contributed by atoms with E-state index in [4.69, 9.17) is 5.73 Å². The molecule has 1 heterocycles. The Balaban J connectivity index is 1.72.